The van der Waals surface area contributed by atoms with Crippen molar-refractivity contribution in [3.63, 3.8) is 0 Å². The first-order chi connectivity index (χ1) is 16.6. The molecule has 5 nitrogen and oxygen atoms in total. The van der Waals surface area contributed by atoms with Gasteiger partial charge in [0, 0.05) is 32.4 Å². The van der Waals surface area contributed by atoms with Crippen molar-refractivity contribution in [3.8, 4) is 5.75 Å². The molecule has 2 rings (SSSR count). The van der Waals surface area contributed by atoms with Crippen LogP contribution in [0.2, 0.25) is 0 Å². The van der Waals surface area contributed by atoms with Gasteiger partial charge in [0.05, 0.1) is 19.3 Å². The molecule has 0 heterocycles. The van der Waals surface area contributed by atoms with Gasteiger partial charge in [-0.15, -0.1) is 0 Å². The molecule has 2 N–H and O–H groups in total. The molecule has 0 radical (unpaired) electrons. The minimum Gasteiger partial charge on any atom is -0.496 e. The van der Waals surface area contributed by atoms with E-state index in [4.69, 9.17) is 14.2 Å². The van der Waals surface area contributed by atoms with Gasteiger partial charge < -0.3 is 24.6 Å². The van der Waals surface area contributed by atoms with E-state index in [0.717, 1.165) is 74.4 Å². The van der Waals surface area contributed by atoms with E-state index in [0.29, 0.717) is 0 Å². The van der Waals surface area contributed by atoms with Crippen LogP contribution < -0.4 is 10.1 Å². The van der Waals surface area contributed by atoms with Crippen LogP contribution in [0.4, 0.5) is 0 Å². The van der Waals surface area contributed by atoms with Crippen molar-refractivity contribution >= 4 is 0 Å². The van der Waals surface area contributed by atoms with Gasteiger partial charge in [-0.2, -0.15) is 0 Å². The standard InChI is InChI=1S/C29H45NO4/c1-23-20-26(21-27(24(2)31)29(23)33-4)28(32-3)22-30-17-11-5-6-12-18-34-19-13-10-16-25-14-8-7-9-15-25/h7-9,14-15,20-21,24,28,30-31H,5-6,10-13,16-19,22H2,1-4H3. The molecule has 0 saturated heterocycles. The number of benzene rings is 2. The van der Waals surface area contributed by atoms with E-state index in [9.17, 15) is 5.11 Å². The highest BCUT2D eigenvalue weighted by Crippen LogP contribution is 2.32. The molecule has 0 aromatic heterocycles. The van der Waals surface area contributed by atoms with Crippen molar-refractivity contribution in [1.29, 1.82) is 0 Å². The van der Waals surface area contributed by atoms with Crippen LogP contribution in [0, 0.1) is 6.92 Å². The summed E-state index contributed by atoms with van der Waals surface area (Å²) in [7, 11) is 3.37. The van der Waals surface area contributed by atoms with Crippen LogP contribution in [-0.4, -0.2) is 45.6 Å². The van der Waals surface area contributed by atoms with E-state index >= 15 is 0 Å². The van der Waals surface area contributed by atoms with Crippen LogP contribution in [0.5, 0.6) is 5.75 Å². The van der Waals surface area contributed by atoms with Gasteiger partial charge in [0.15, 0.2) is 0 Å². The fourth-order valence-electron chi connectivity index (χ4n) is 4.26. The van der Waals surface area contributed by atoms with Crippen molar-refractivity contribution in [2.45, 2.75) is 71.0 Å². The van der Waals surface area contributed by atoms with Gasteiger partial charge in [-0.25, -0.2) is 0 Å². The largest absolute Gasteiger partial charge is 0.496 e. The van der Waals surface area contributed by atoms with Crippen LogP contribution >= 0.6 is 0 Å². The molecule has 2 unspecified atom stereocenters. The molecule has 2 aromatic rings. The normalized spacial score (nSPS) is 13.1. The molecule has 0 fully saturated rings. The second-order valence-corrected chi connectivity index (χ2v) is 9.03. The van der Waals surface area contributed by atoms with Gasteiger partial charge in [0.1, 0.15) is 5.75 Å². The molecule has 0 aliphatic rings. The zero-order valence-electron chi connectivity index (χ0n) is 21.6. The molecule has 190 valence electrons. The number of aryl methyl sites for hydroxylation is 2. The first-order valence-corrected chi connectivity index (χ1v) is 12.8. The topological polar surface area (TPSA) is 60.0 Å². The van der Waals surface area contributed by atoms with E-state index in [1.807, 2.05) is 13.0 Å². The highest BCUT2D eigenvalue weighted by molar-refractivity contribution is 5.45. The first-order valence-electron chi connectivity index (χ1n) is 12.8. The molecule has 0 spiro atoms. The summed E-state index contributed by atoms with van der Waals surface area (Å²) in [6.07, 6.45) is 7.50. The zero-order chi connectivity index (χ0) is 24.6. The van der Waals surface area contributed by atoms with Crippen molar-refractivity contribution in [2.24, 2.45) is 0 Å². The highest BCUT2D eigenvalue weighted by Gasteiger charge is 2.18. The lowest BCUT2D eigenvalue weighted by Gasteiger charge is -2.21. The maximum Gasteiger partial charge on any atom is 0.127 e. The Hall–Kier alpha value is -1.92. The molecule has 0 aliphatic carbocycles. The van der Waals surface area contributed by atoms with Crippen LogP contribution in [-0.2, 0) is 15.9 Å². The predicted molar refractivity (Wildman–Crippen MR) is 140 cm³/mol. The molecule has 34 heavy (non-hydrogen) atoms. The lowest BCUT2D eigenvalue weighted by molar-refractivity contribution is 0.102. The molecule has 0 aliphatic heterocycles. The molecule has 0 saturated carbocycles. The summed E-state index contributed by atoms with van der Waals surface area (Å²) in [5, 5.41) is 13.6. The highest BCUT2D eigenvalue weighted by atomic mass is 16.5. The molecule has 0 amide bonds. The fourth-order valence-corrected chi connectivity index (χ4v) is 4.26. The van der Waals surface area contributed by atoms with E-state index < -0.39 is 6.10 Å². The molecular weight excluding hydrogens is 426 g/mol. The summed E-state index contributed by atoms with van der Waals surface area (Å²) in [5.74, 6) is 0.748. The van der Waals surface area contributed by atoms with E-state index in [2.05, 4.69) is 41.7 Å². The Morgan fingerprint density at radius 1 is 0.912 bits per heavy atom. The summed E-state index contributed by atoms with van der Waals surface area (Å²) in [4.78, 5) is 0. The van der Waals surface area contributed by atoms with Gasteiger partial charge in [0.2, 0.25) is 0 Å². The molecule has 5 heteroatoms. The SMILES string of the molecule is COc1c(C)cc(C(CNCCCCCCOCCCCc2ccccc2)OC)cc1C(C)O. The van der Waals surface area contributed by atoms with Crippen LogP contribution in [0.3, 0.4) is 0 Å². The average Bonchev–Trinajstić information content (AvgIpc) is 2.84. The van der Waals surface area contributed by atoms with Gasteiger partial charge >= 0.3 is 0 Å². The number of nitrogens with one attached hydrogen (secondary N) is 1. The minimum atomic E-state index is -0.586. The maximum atomic E-state index is 10.1. The third kappa shape index (κ3) is 10.1. The van der Waals surface area contributed by atoms with E-state index in [1.165, 1.54) is 24.8 Å². The van der Waals surface area contributed by atoms with Crippen molar-refractivity contribution in [3.05, 3.63) is 64.7 Å². The van der Waals surface area contributed by atoms with Gasteiger partial charge in [0.25, 0.3) is 0 Å². The first kappa shape index (κ1) is 28.3. The Labute approximate surface area is 206 Å². The third-order valence-electron chi connectivity index (χ3n) is 6.21. The smallest absolute Gasteiger partial charge is 0.127 e. The minimum absolute atomic E-state index is 0.0580. The molecule has 0 bridgehead atoms. The van der Waals surface area contributed by atoms with E-state index in [-0.39, 0.29) is 6.10 Å². The number of ether oxygens (including phenoxy) is 3. The molecule has 2 atom stereocenters. The number of hydrogen-bond donors (Lipinski definition) is 2. The Morgan fingerprint density at radius 3 is 2.29 bits per heavy atom. The molecule has 2 aromatic carbocycles. The predicted octanol–water partition coefficient (Wildman–Crippen LogP) is 5.93. The average molecular weight is 472 g/mol. The lowest BCUT2D eigenvalue weighted by Crippen LogP contribution is -2.24. The van der Waals surface area contributed by atoms with Crippen molar-refractivity contribution < 1.29 is 19.3 Å². The fraction of sp³-hybridized carbons (Fsp3) is 0.586. The van der Waals surface area contributed by atoms with Crippen molar-refractivity contribution in [2.75, 3.05) is 40.5 Å². The second-order valence-electron chi connectivity index (χ2n) is 9.03. The number of aliphatic hydroxyl groups excluding tert-OH is 1. The van der Waals surface area contributed by atoms with Gasteiger partial charge in [-0.3, -0.25) is 0 Å². The Balaban J connectivity index is 1.52. The summed E-state index contributed by atoms with van der Waals surface area (Å²) in [5.41, 5.74) is 4.29. The monoisotopic (exact) mass is 471 g/mol. The number of hydrogen-bond acceptors (Lipinski definition) is 5. The summed E-state index contributed by atoms with van der Waals surface area (Å²) >= 11 is 0. The number of rotatable bonds is 18. The van der Waals surface area contributed by atoms with Gasteiger partial charge in [-0.1, -0.05) is 43.2 Å². The number of aliphatic hydroxyl groups is 1. The van der Waals surface area contributed by atoms with Crippen molar-refractivity contribution in [1.82, 2.24) is 5.32 Å². The maximum absolute atomic E-state index is 10.1. The van der Waals surface area contributed by atoms with Crippen LogP contribution in [0.25, 0.3) is 0 Å². The number of unbranched alkanes of at least 4 members (excludes halogenated alkanes) is 4. The summed E-state index contributed by atoms with van der Waals surface area (Å²) in [6, 6.07) is 14.7. The number of methoxy groups -OCH3 is 2. The van der Waals surface area contributed by atoms with Crippen LogP contribution in [0.1, 0.15) is 79.9 Å². The molecular formula is C29H45NO4. The quantitative estimate of drug-likeness (QED) is 0.264. The third-order valence-corrected chi connectivity index (χ3v) is 6.21. The van der Waals surface area contributed by atoms with Crippen LogP contribution in [0.15, 0.2) is 42.5 Å². The zero-order valence-corrected chi connectivity index (χ0v) is 21.6. The lowest BCUT2D eigenvalue weighted by atomic mass is 9.98. The van der Waals surface area contributed by atoms with E-state index in [1.54, 1.807) is 21.1 Å². The van der Waals surface area contributed by atoms with Gasteiger partial charge in [-0.05, 0) is 81.3 Å². The Morgan fingerprint density at radius 2 is 1.62 bits per heavy atom. The second kappa shape index (κ2) is 16.7. The Kier molecular flexibility index (Phi) is 13.9. The summed E-state index contributed by atoms with van der Waals surface area (Å²) < 4.78 is 17.0. The summed E-state index contributed by atoms with van der Waals surface area (Å²) in [6.45, 7) is 7.22. The Bertz CT molecular complexity index is 794.